The Morgan fingerprint density at radius 1 is 1.18 bits per heavy atom. The predicted octanol–water partition coefficient (Wildman–Crippen LogP) is 5.63. The first-order valence-electron chi connectivity index (χ1n) is 9.62. The van der Waals surface area contributed by atoms with Crippen LogP contribution in [0, 0.1) is 17.1 Å². The van der Waals surface area contributed by atoms with Crippen LogP contribution in [-0.2, 0) is 22.2 Å². The van der Waals surface area contributed by atoms with Crippen LogP contribution in [0.2, 0.25) is 5.02 Å². The molecule has 3 rings (SSSR count). The Morgan fingerprint density at radius 3 is 2.56 bits per heavy atom. The molecule has 34 heavy (non-hydrogen) atoms. The number of aromatic nitrogens is 1. The molecule has 0 atom stereocenters. The van der Waals surface area contributed by atoms with Crippen LogP contribution in [0.3, 0.4) is 0 Å². The highest BCUT2D eigenvalue weighted by Crippen LogP contribution is 2.36. The van der Waals surface area contributed by atoms with Crippen LogP contribution in [0.25, 0.3) is 0 Å². The summed E-state index contributed by atoms with van der Waals surface area (Å²) in [5, 5.41) is 11.4. The van der Waals surface area contributed by atoms with Gasteiger partial charge < -0.3 is 5.32 Å². The van der Waals surface area contributed by atoms with Crippen molar-refractivity contribution in [2.75, 3.05) is 10.2 Å². The maximum Gasteiger partial charge on any atom is 0.417 e. The van der Waals surface area contributed by atoms with Gasteiger partial charge in [0.15, 0.2) is 0 Å². The maximum absolute atomic E-state index is 13.6. The predicted molar refractivity (Wildman–Crippen MR) is 117 cm³/mol. The number of amides is 2. The van der Waals surface area contributed by atoms with Crippen molar-refractivity contribution in [1.29, 1.82) is 5.26 Å². The van der Waals surface area contributed by atoms with Gasteiger partial charge in [-0.2, -0.15) is 18.4 Å². The summed E-state index contributed by atoms with van der Waals surface area (Å²) in [6.45, 7) is 1.13. The van der Waals surface area contributed by atoms with Crippen LogP contribution >= 0.6 is 11.6 Å². The van der Waals surface area contributed by atoms with Gasteiger partial charge in [0.25, 0.3) is 0 Å². The molecule has 2 aromatic carbocycles. The zero-order chi connectivity index (χ0) is 25.0. The summed E-state index contributed by atoms with van der Waals surface area (Å²) < 4.78 is 53.7. The molecule has 3 aromatic rings. The average Bonchev–Trinajstić information content (AvgIpc) is 2.76. The van der Waals surface area contributed by atoms with Crippen molar-refractivity contribution < 1.29 is 27.2 Å². The number of anilines is 3. The maximum atomic E-state index is 13.6. The van der Waals surface area contributed by atoms with E-state index in [1.807, 2.05) is 0 Å². The minimum atomic E-state index is -4.81. The van der Waals surface area contributed by atoms with Crippen LogP contribution in [0.15, 0.2) is 54.7 Å². The minimum absolute atomic E-state index is 0.0630. The summed E-state index contributed by atoms with van der Waals surface area (Å²) in [5.74, 6) is -1.93. The Labute approximate surface area is 196 Å². The van der Waals surface area contributed by atoms with E-state index in [9.17, 15) is 27.2 Å². The summed E-state index contributed by atoms with van der Waals surface area (Å²) in [5.41, 5.74) is -1.50. The second-order valence-corrected chi connectivity index (χ2v) is 7.41. The Balaban J connectivity index is 1.91. The number of nitrogens with one attached hydrogen (secondary N) is 1. The molecule has 0 radical (unpaired) electrons. The molecule has 0 bridgehead atoms. The third kappa shape index (κ3) is 5.50. The first-order chi connectivity index (χ1) is 16.0. The second-order valence-electron chi connectivity index (χ2n) is 7.03. The molecule has 0 spiro atoms. The van der Waals surface area contributed by atoms with Gasteiger partial charge in [-0.25, -0.2) is 9.37 Å². The first kappa shape index (κ1) is 24.7. The van der Waals surface area contributed by atoms with E-state index >= 15 is 0 Å². The van der Waals surface area contributed by atoms with Crippen molar-refractivity contribution in [1.82, 2.24) is 4.98 Å². The highest BCUT2D eigenvalue weighted by Gasteiger charge is 2.34. The third-order valence-corrected chi connectivity index (χ3v) is 5.07. The average molecular weight is 491 g/mol. The van der Waals surface area contributed by atoms with Crippen molar-refractivity contribution in [3.63, 3.8) is 0 Å². The lowest BCUT2D eigenvalue weighted by Gasteiger charge is -2.22. The van der Waals surface area contributed by atoms with E-state index in [-0.39, 0.29) is 34.2 Å². The lowest BCUT2D eigenvalue weighted by Crippen LogP contribution is -2.25. The number of halogens is 5. The fraction of sp³-hybridized carbons (Fsp3) is 0.130. The SMILES string of the molecule is CC(=O)N(c1ccc(C#N)c(C(F)(F)F)c1)c1cc(NC(=O)Cc2cccc(F)c2Cl)ccn1. The highest BCUT2D eigenvalue weighted by atomic mass is 35.5. The van der Waals surface area contributed by atoms with Gasteiger partial charge in [0.1, 0.15) is 11.6 Å². The van der Waals surface area contributed by atoms with Crippen LogP contribution < -0.4 is 10.2 Å². The molecule has 0 fully saturated rings. The molecule has 11 heteroatoms. The molecule has 0 aliphatic heterocycles. The molecule has 0 aliphatic rings. The van der Waals surface area contributed by atoms with E-state index in [1.165, 1.54) is 42.6 Å². The van der Waals surface area contributed by atoms with Crippen LogP contribution in [0.4, 0.5) is 34.8 Å². The zero-order valence-corrected chi connectivity index (χ0v) is 18.2. The normalized spacial score (nSPS) is 11.0. The van der Waals surface area contributed by atoms with E-state index in [4.69, 9.17) is 16.9 Å². The number of nitrogens with zero attached hydrogens (tertiary/aromatic N) is 3. The van der Waals surface area contributed by atoms with Crippen LogP contribution in [-0.4, -0.2) is 16.8 Å². The number of hydrogen-bond acceptors (Lipinski definition) is 4. The van der Waals surface area contributed by atoms with Gasteiger partial charge in [0.05, 0.1) is 34.3 Å². The van der Waals surface area contributed by atoms with Gasteiger partial charge in [0.2, 0.25) is 11.8 Å². The van der Waals surface area contributed by atoms with Crippen molar-refractivity contribution in [3.8, 4) is 6.07 Å². The van der Waals surface area contributed by atoms with Gasteiger partial charge in [-0.15, -0.1) is 0 Å². The molecule has 0 saturated carbocycles. The molecule has 174 valence electrons. The number of carbonyl (C=O) groups is 2. The van der Waals surface area contributed by atoms with Gasteiger partial charge in [0, 0.05) is 24.9 Å². The number of rotatable bonds is 5. The molecule has 1 aromatic heterocycles. The number of nitriles is 1. The van der Waals surface area contributed by atoms with E-state index in [2.05, 4.69) is 10.3 Å². The van der Waals surface area contributed by atoms with Gasteiger partial charge in [-0.05, 0) is 35.9 Å². The van der Waals surface area contributed by atoms with Crippen molar-refractivity contribution in [2.24, 2.45) is 0 Å². The first-order valence-corrected chi connectivity index (χ1v) is 10.00. The molecular weight excluding hydrogens is 476 g/mol. The van der Waals surface area contributed by atoms with Gasteiger partial charge in [-0.3, -0.25) is 14.5 Å². The standard InChI is InChI=1S/C23H15ClF4N4O2/c1-13(33)32(17-6-5-15(12-29)18(11-17)23(26,27)28)20-10-16(7-8-30-20)31-21(34)9-14-3-2-4-19(25)22(14)24/h2-8,10-11H,9H2,1H3,(H,30,31,34). The highest BCUT2D eigenvalue weighted by molar-refractivity contribution is 6.31. The van der Waals surface area contributed by atoms with Crippen molar-refractivity contribution in [2.45, 2.75) is 19.5 Å². The summed E-state index contributed by atoms with van der Waals surface area (Å²) in [4.78, 5) is 29.7. The second kappa shape index (κ2) is 9.89. The summed E-state index contributed by atoms with van der Waals surface area (Å²) >= 11 is 5.87. The molecule has 0 aliphatic carbocycles. The monoisotopic (exact) mass is 490 g/mol. The Bertz CT molecular complexity index is 1300. The van der Waals surface area contributed by atoms with E-state index in [0.717, 1.165) is 24.0 Å². The van der Waals surface area contributed by atoms with Crippen molar-refractivity contribution >= 4 is 40.6 Å². The summed E-state index contributed by atoms with van der Waals surface area (Å²) in [6.07, 6.45) is -3.80. The lowest BCUT2D eigenvalue weighted by atomic mass is 10.1. The molecular formula is C23H15ClF4N4O2. The number of pyridine rings is 1. The Kier molecular flexibility index (Phi) is 7.17. The Morgan fingerprint density at radius 2 is 1.91 bits per heavy atom. The van der Waals surface area contributed by atoms with E-state index in [1.54, 1.807) is 0 Å². The smallest absolute Gasteiger partial charge is 0.326 e. The van der Waals surface area contributed by atoms with Crippen LogP contribution in [0.5, 0.6) is 0 Å². The molecule has 0 saturated heterocycles. The summed E-state index contributed by atoms with van der Waals surface area (Å²) in [7, 11) is 0. The number of benzene rings is 2. The topological polar surface area (TPSA) is 86.1 Å². The van der Waals surface area contributed by atoms with Crippen molar-refractivity contribution in [3.05, 3.63) is 82.3 Å². The van der Waals surface area contributed by atoms with E-state index in [0.29, 0.717) is 6.07 Å². The largest absolute Gasteiger partial charge is 0.417 e. The van der Waals surface area contributed by atoms with E-state index < -0.39 is 34.9 Å². The number of alkyl halides is 3. The molecule has 2 amide bonds. The van der Waals surface area contributed by atoms with Crippen LogP contribution in [0.1, 0.15) is 23.6 Å². The third-order valence-electron chi connectivity index (χ3n) is 4.64. The zero-order valence-electron chi connectivity index (χ0n) is 17.5. The quantitative estimate of drug-likeness (QED) is 0.470. The molecule has 1 N–H and O–H groups in total. The number of hydrogen-bond donors (Lipinski definition) is 1. The number of carbonyl (C=O) groups excluding carboxylic acids is 2. The fourth-order valence-electron chi connectivity index (χ4n) is 3.16. The fourth-order valence-corrected chi connectivity index (χ4v) is 3.35. The lowest BCUT2D eigenvalue weighted by molar-refractivity contribution is -0.137. The van der Waals surface area contributed by atoms with Gasteiger partial charge in [-0.1, -0.05) is 23.7 Å². The Hall–Kier alpha value is -3.97. The summed E-state index contributed by atoms with van der Waals surface area (Å²) in [6, 6.07) is 11.1. The molecule has 0 unspecified atom stereocenters. The van der Waals surface area contributed by atoms with Gasteiger partial charge >= 0.3 is 6.18 Å². The minimum Gasteiger partial charge on any atom is -0.326 e. The molecule has 1 heterocycles. The molecule has 6 nitrogen and oxygen atoms in total.